The molecule has 2 N–H and O–H groups in total. The van der Waals surface area contributed by atoms with Crippen molar-refractivity contribution >= 4 is 11.0 Å². The molecule has 0 aliphatic rings. The van der Waals surface area contributed by atoms with Gasteiger partial charge >= 0.3 is 0 Å². The first-order chi connectivity index (χ1) is 10.7. The topological polar surface area (TPSA) is 43.8 Å². The van der Waals surface area contributed by atoms with Crippen molar-refractivity contribution in [3.05, 3.63) is 65.0 Å². The van der Waals surface area contributed by atoms with Gasteiger partial charge in [-0.3, -0.25) is 0 Å². The average molecular weight is 293 g/mol. The zero-order valence-corrected chi connectivity index (χ0v) is 13.3. The second-order valence-electron chi connectivity index (χ2n) is 5.76. The zero-order valence-electron chi connectivity index (χ0n) is 13.3. The highest BCUT2D eigenvalue weighted by Crippen LogP contribution is 2.21. The Kier molecular flexibility index (Phi) is 4.25. The molecule has 0 atom stereocenters. The molecule has 1 heterocycles. The van der Waals surface area contributed by atoms with Crippen molar-refractivity contribution in [2.75, 3.05) is 6.54 Å². The van der Waals surface area contributed by atoms with E-state index in [1.54, 1.807) is 0 Å². The Balaban J connectivity index is 2.09. The summed E-state index contributed by atoms with van der Waals surface area (Å²) < 4.78 is 2.31. The summed E-state index contributed by atoms with van der Waals surface area (Å²) in [6.45, 7) is 5.81. The number of benzene rings is 2. The van der Waals surface area contributed by atoms with Crippen LogP contribution in [0.4, 0.5) is 0 Å². The largest absolute Gasteiger partial charge is 0.330 e. The number of nitrogens with two attached hydrogens (primary N) is 1. The molecule has 0 radical (unpaired) electrons. The van der Waals surface area contributed by atoms with E-state index >= 15 is 0 Å². The molecular formula is C19H23N3. The van der Waals surface area contributed by atoms with E-state index < -0.39 is 0 Å². The fraction of sp³-hybridized carbons (Fsp3) is 0.316. The van der Waals surface area contributed by atoms with Crippen LogP contribution in [0.5, 0.6) is 0 Å². The quantitative estimate of drug-likeness (QED) is 0.783. The third-order valence-electron chi connectivity index (χ3n) is 4.26. The van der Waals surface area contributed by atoms with Crippen LogP contribution in [0.25, 0.3) is 11.0 Å². The number of rotatable bonds is 5. The Morgan fingerprint density at radius 3 is 2.68 bits per heavy atom. The van der Waals surface area contributed by atoms with Gasteiger partial charge in [-0.25, -0.2) is 4.98 Å². The maximum atomic E-state index is 5.78. The number of hydrogen-bond acceptors (Lipinski definition) is 2. The van der Waals surface area contributed by atoms with Crippen LogP contribution in [0, 0.1) is 6.92 Å². The molecule has 114 valence electrons. The normalized spacial score (nSPS) is 11.2. The highest BCUT2D eigenvalue weighted by Gasteiger charge is 2.11. The first kappa shape index (κ1) is 14.8. The van der Waals surface area contributed by atoms with Gasteiger partial charge in [-0.2, -0.15) is 0 Å². The fourth-order valence-corrected chi connectivity index (χ4v) is 2.90. The number of nitrogens with zero attached hydrogens (tertiary/aromatic N) is 2. The number of aromatic nitrogens is 2. The van der Waals surface area contributed by atoms with E-state index in [0.717, 1.165) is 30.7 Å². The molecule has 0 amide bonds. The van der Waals surface area contributed by atoms with Crippen molar-refractivity contribution in [3.8, 4) is 0 Å². The van der Waals surface area contributed by atoms with Crippen LogP contribution < -0.4 is 5.73 Å². The van der Waals surface area contributed by atoms with Crippen molar-refractivity contribution in [1.82, 2.24) is 9.55 Å². The van der Waals surface area contributed by atoms with Crippen LogP contribution in [0.2, 0.25) is 0 Å². The van der Waals surface area contributed by atoms with Gasteiger partial charge in [-0.1, -0.05) is 37.3 Å². The van der Waals surface area contributed by atoms with E-state index in [4.69, 9.17) is 10.7 Å². The summed E-state index contributed by atoms with van der Waals surface area (Å²) in [5, 5.41) is 0. The van der Waals surface area contributed by atoms with Gasteiger partial charge in [0.25, 0.3) is 0 Å². The Hall–Kier alpha value is -2.13. The van der Waals surface area contributed by atoms with Crippen LogP contribution >= 0.6 is 0 Å². The molecular weight excluding hydrogens is 270 g/mol. The lowest BCUT2D eigenvalue weighted by Gasteiger charge is -2.11. The van der Waals surface area contributed by atoms with Gasteiger partial charge in [0.05, 0.1) is 11.0 Å². The maximum Gasteiger partial charge on any atom is 0.111 e. The predicted molar refractivity (Wildman–Crippen MR) is 92.2 cm³/mol. The summed E-state index contributed by atoms with van der Waals surface area (Å²) in [7, 11) is 0. The second-order valence-corrected chi connectivity index (χ2v) is 5.76. The van der Waals surface area contributed by atoms with Crippen molar-refractivity contribution < 1.29 is 0 Å². The van der Waals surface area contributed by atoms with Crippen LogP contribution in [0.1, 0.15) is 29.4 Å². The van der Waals surface area contributed by atoms with E-state index in [1.807, 2.05) is 0 Å². The van der Waals surface area contributed by atoms with Crippen molar-refractivity contribution in [1.29, 1.82) is 0 Å². The Morgan fingerprint density at radius 2 is 1.95 bits per heavy atom. The molecule has 3 aromatic rings. The average Bonchev–Trinajstić information content (AvgIpc) is 2.86. The molecule has 0 saturated heterocycles. The Labute approximate surface area is 131 Å². The van der Waals surface area contributed by atoms with Gasteiger partial charge in [-0.15, -0.1) is 0 Å². The third-order valence-corrected chi connectivity index (χ3v) is 4.26. The summed E-state index contributed by atoms with van der Waals surface area (Å²) in [6, 6.07) is 15.1. The molecule has 0 spiro atoms. The standard InChI is InChI=1S/C19H23N3/c1-3-15-8-9-18-17(12-15)21-19(10-11-20)22(18)13-16-7-5-4-6-14(16)2/h4-9,12H,3,10-11,13,20H2,1-2H3. The van der Waals surface area contributed by atoms with Gasteiger partial charge in [0.2, 0.25) is 0 Å². The minimum absolute atomic E-state index is 0.623. The monoisotopic (exact) mass is 293 g/mol. The molecule has 3 rings (SSSR count). The number of aryl methyl sites for hydroxylation is 2. The van der Waals surface area contributed by atoms with E-state index in [1.165, 1.54) is 22.2 Å². The Bertz CT molecular complexity index is 786. The smallest absolute Gasteiger partial charge is 0.111 e. The van der Waals surface area contributed by atoms with E-state index in [0.29, 0.717) is 6.54 Å². The Morgan fingerprint density at radius 1 is 1.14 bits per heavy atom. The molecule has 0 aliphatic heterocycles. The molecule has 22 heavy (non-hydrogen) atoms. The molecule has 0 saturated carbocycles. The highest BCUT2D eigenvalue weighted by atomic mass is 15.1. The van der Waals surface area contributed by atoms with Gasteiger partial charge in [0.1, 0.15) is 5.82 Å². The molecule has 0 bridgehead atoms. The summed E-state index contributed by atoms with van der Waals surface area (Å²) in [5.41, 5.74) is 12.0. The van der Waals surface area contributed by atoms with Crippen LogP contribution in [0.15, 0.2) is 42.5 Å². The van der Waals surface area contributed by atoms with E-state index in [-0.39, 0.29) is 0 Å². The number of fused-ring (bicyclic) bond motifs is 1. The first-order valence-corrected chi connectivity index (χ1v) is 7.95. The fourth-order valence-electron chi connectivity index (χ4n) is 2.90. The number of imidazole rings is 1. The predicted octanol–water partition coefficient (Wildman–Crippen LogP) is 3.46. The van der Waals surface area contributed by atoms with E-state index in [9.17, 15) is 0 Å². The summed E-state index contributed by atoms with van der Waals surface area (Å²) in [5.74, 6) is 1.08. The zero-order chi connectivity index (χ0) is 15.5. The van der Waals surface area contributed by atoms with Gasteiger partial charge in [0, 0.05) is 13.0 Å². The lowest BCUT2D eigenvalue weighted by atomic mass is 10.1. The molecule has 0 unspecified atom stereocenters. The van der Waals surface area contributed by atoms with Gasteiger partial charge in [0.15, 0.2) is 0 Å². The van der Waals surface area contributed by atoms with Crippen LogP contribution in [-0.2, 0) is 19.4 Å². The summed E-state index contributed by atoms with van der Waals surface area (Å²) in [4.78, 5) is 4.82. The van der Waals surface area contributed by atoms with Crippen LogP contribution in [0.3, 0.4) is 0 Å². The SMILES string of the molecule is CCc1ccc2c(c1)nc(CCN)n2Cc1ccccc1C. The van der Waals surface area contributed by atoms with Crippen molar-refractivity contribution in [2.24, 2.45) is 5.73 Å². The molecule has 0 fully saturated rings. The van der Waals surface area contributed by atoms with Crippen molar-refractivity contribution in [3.63, 3.8) is 0 Å². The maximum absolute atomic E-state index is 5.78. The van der Waals surface area contributed by atoms with E-state index in [2.05, 4.69) is 60.9 Å². The summed E-state index contributed by atoms with van der Waals surface area (Å²) in [6.07, 6.45) is 1.84. The third kappa shape index (κ3) is 2.77. The second kappa shape index (κ2) is 6.32. The number of hydrogen-bond donors (Lipinski definition) is 1. The highest BCUT2D eigenvalue weighted by molar-refractivity contribution is 5.77. The minimum atomic E-state index is 0.623. The summed E-state index contributed by atoms with van der Waals surface area (Å²) >= 11 is 0. The lowest BCUT2D eigenvalue weighted by molar-refractivity contribution is 0.732. The van der Waals surface area contributed by atoms with Gasteiger partial charge in [-0.05, 0) is 48.7 Å². The molecule has 3 nitrogen and oxygen atoms in total. The lowest BCUT2D eigenvalue weighted by Crippen LogP contribution is -2.11. The van der Waals surface area contributed by atoms with Gasteiger partial charge < -0.3 is 10.3 Å². The molecule has 3 heteroatoms. The van der Waals surface area contributed by atoms with Crippen LogP contribution in [-0.4, -0.2) is 16.1 Å². The van der Waals surface area contributed by atoms with Crippen molar-refractivity contribution in [2.45, 2.75) is 33.2 Å². The first-order valence-electron chi connectivity index (χ1n) is 7.95. The molecule has 2 aromatic carbocycles. The molecule has 0 aliphatic carbocycles. The minimum Gasteiger partial charge on any atom is -0.330 e. The molecule has 1 aromatic heterocycles.